The Balaban J connectivity index is 1.81. The zero-order valence-electron chi connectivity index (χ0n) is 10.1. The highest BCUT2D eigenvalue weighted by atomic mass is 19.1. The third-order valence-corrected chi connectivity index (χ3v) is 3.43. The Kier molecular flexibility index (Phi) is 4.51. The first-order chi connectivity index (χ1) is 8.29. The van der Waals surface area contributed by atoms with Gasteiger partial charge in [-0.15, -0.1) is 0 Å². The molecule has 0 aromatic heterocycles. The maximum Gasteiger partial charge on any atom is 0.127 e. The molecule has 3 heteroatoms. The van der Waals surface area contributed by atoms with Crippen molar-refractivity contribution in [3.05, 3.63) is 35.1 Å². The number of benzene rings is 1. The van der Waals surface area contributed by atoms with E-state index in [1.54, 1.807) is 12.1 Å². The molecule has 94 valence electrons. The lowest BCUT2D eigenvalue weighted by atomic mass is 10.1. The van der Waals surface area contributed by atoms with Crippen molar-refractivity contribution in [2.24, 2.45) is 11.7 Å². The Bertz CT molecular complexity index is 361. The van der Waals surface area contributed by atoms with E-state index in [0.717, 1.165) is 18.1 Å². The van der Waals surface area contributed by atoms with Gasteiger partial charge in [-0.25, -0.2) is 4.39 Å². The summed E-state index contributed by atoms with van der Waals surface area (Å²) in [6.45, 7) is 1.63. The first kappa shape index (κ1) is 12.5. The largest absolute Gasteiger partial charge is 0.376 e. The summed E-state index contributed by atoms with van der Waals surface area (Å²) < 4.78 is 18.9. The maximum absolute atomic E-state index is 13.2. The molecule has 1 aromatic carbocycles. The molecule has 0 spiro atoms. The molecule has 2 rings (SSSR count). The van der Waals surface area contributed by atoms with Crippen molar-refractivity contribution >= 4 is 0 Å². The van der Waals surface area contributed by atoms with E-state index in [4.69, 9.17) is 10.5 Å². The minimum atomic E-state index is -0.230. The number of ether oxygens (including phenoxy) is 1. The van der Waals surface area contributed by atoms with Crippen LogP contribution in [-0.4, -0.2) is 6.61 Å². The van der Waals surface area contributed by atoms with E-state index in [0.29, 0.717) is 12.2 Å². The number of hydrogen-bond donors (Lipinski definition) is 1. The average molecular weight is 237 g/mol. The predicted molar refractivity (Wildman–Crippen MR) is 65.9 cm³/mol. The second kappa shape index (κ2) is 6.12. The fourth-order valence-electron chi connectivity index (χ4n) is 2.39. The van der Waals surface area contributed by atoms with Crippen LogP contribution in [0.4, 0.5) is 4.39 Å². The molecule has 0 atom stereocenters. The third kappa shape index (κ3) is 3.51. The van der Waals surface area contributed by atoms with E-state index < -0.39 is 0 Å². The van der Waals surface area contributed by atoms with Crippen LogP contribution in [0.2, 0.25) is 0 Å². The van der Waals surface area contributed by atoms with E-state index in [9.17, 15) is 4.39 Å². The Morgan fingerprint density at radius 2 is 2.06 bits per heavy atom. The maximum atomic E-state index is 13.2. The summed E-state index contributed by atoms with van der Waals surface area (Å²) in [5.74, 6) is 0.497. The van der Waals surface area contributed by atoms with Crippen LogP contribution in [0.25, 0.3) is 0 Å². The average Bonchev–Trinajstić information content (AvgIpc) is 2.84. The normalized spacial score (nSPS) is 16.6. The van der Waals surface area contributed by atoms with Crippen LogP contribution < -0.4 is 5.73 Å². The molecule has 2 nitrogen and oxygen atoms in total. The van der Waals surface area contributed by atoms with Crippen LogP contribution >= 0.6 is 0 Å². The van der Waals surface area contributed by atoms with E-state index in [-0.39, 0.29) is 12.4 Å². The number of rotatable bonds is 5. The lowest BCUT2D eigenvalue weighted by Gasteiger charge is -2.10. The molecule has 17 heavy (non-hydrogen) atoms. The van der Waals surface area contributed by atoms with Gasteiger partial charge in [0.05, 0.1) is 6.61 Å². The summed E-state index contributed by atoms with van der Waals surface area (Å²) in [6, 6.07) is 5.03. The van der Waals surface area contributed by atoms with Gasteiger partial charge in [-0.3, -0.25) is 0 Å². The van der Waals surface area contributed by atoms with Crippen molar-refractivity contribution in [2.45, 2.75) is 38.8 Å². The highest BCUT2D eigenvalue weighted by Crippen LogP contribution is 2.25. The van der Waals surface area contributed by atoms with Crippen LogP contribution in [0.1, 0.15) is 36.8 Å². The summed E-state index contributed by atoms with van der Waals surface area (Å²) >= 11 is 0. The Morgan fingerprint density at radius 3 is 2.76 bits per heavy atom. The fourth-order valence-corrected chi connectivity index (χ4v) is 2.39. The molecule has 2 N–H and O–H groups in total. The van der Waals surface area contributed by atoms with Crippen LogP contribution in [0, 0.1) is 11.7 Å². The van der Waals surface area contributed by atoms with Gasteiger partial charge in [0.1, 0.15) is 5.82 Å². The molecular formula is C14H20FNO. The quantitative estimate of drug-likeness (QED) is 0.854. The van der Waals surface area contributed by atoms with Crippen molar-refractivity contribution < 1.29 is 9.13 Å². The monoisotopic (exact) mass is 237 g/mol. The van der Waals surface area contributed by atoms with Crippen LogP contribution in [0.3, 0.4) is 0 Å². The first-order valence-corrected chi connectivity index (χ1v) is 6.34. The minimum absolute atomic E-state index is 0.230. The van der Waals surface area contributed by atoms with Gasteiger partial charge >= 0.3 is 0 Å². The van der Waals surface area contributed by atoms with Gasteiger partial charge in [0.15, 0.2) is 0 Å². The summed E-state index contributed by atoms with van der Waals surface area (Å²) in [5.41, 5.74) is 7.03. The zero-order chi connectivity index (χ0) is 12.1. The molecule has 0 unspecified atom stereocenters. The summed E-state index contributed by atoms with van der Waals surface area (Å²) in [5, 5.41) is 0. The van der Waals surface area contributed by atoms with Gasteiger partial charge < -0.3 is 10.5 Å². The number of halogens is 1. The van der Waals surface area contributed by atoms with Crippen LogP contribution in [-0.2, 0) is 17.9 Å². The van der Waals surface area contributed by atoms with Crippen LogP contribution in [0.15, 0.2) is 18.2 Å². The number of nitrogens with two attached hydrogens (primary N) is 1. The molecule has 0 heterocycles. The first-order valence-electron chi connectivity index (χ1n) is 6.34. The lowest BCUT2D eigenvalue weighted by molar-refractivity contribution is 0.0888. The zero-order valence-corrected chi connectivity index (χ0v) is 10.1. The van der Waals surface area contributed by atoms with Crippen molar-refractivity contribution in [3.8, 4) is 0 Å². The molecule has 1 aliphatic rings. The predicted octanol–water partition coefficient (Wildman–Crippen LogP) is 2.99. The van der Waals surface area contributed by atoms with E-state index in [1.807, 2.05) is 0 Å². The van der Waals surface area contributed by atoms with Crippen molar-refractivity contribution in [1.29, 1.82) is 0 Å². The Morgan fingerprint density at radius 1 is 1.29 bits per heavy atom. The van der Waals surface area contributed by atoms with E-state index >= 15 is 0 Å². The minimum Gasteiger partial charge on any atom is -0.376 e. The molecule has 0 amide bonds. The highest BCUT2D eigenvalue weighted by Gasteiger charge is 2.14. The second-order valence-corrected chi connectivity index (χ2v) is 4.80. The van der Waals surface area contributed by atoms with Gasteiger partial charge in [0.2, 0.25) is 0 Å². The Labute approximate surface area is 102 Å². The summed E-state index contributed by atoms with van der Waals surface area (Å²) in [6.07, 6.45) is 5.25. The fraction of sp³-hybridized carbons (Fsp3) is 0.571. The Hall–Kier alpha value is -0.930. The van der Waals surface area contributed by atoms with Gasteiger partial charge in [-0.1, -0.05) is 18.9 Å². The van der Waals surface area contributed by atoms with Crippen LogP contribution in [0.5, 0.6) is 0 Å². The standard InChI is InChI=1S/C14H20FNO/c15-14-6-5-12(7-13(14)8-16)10-17-9-11-3-1-2-4-11/h5-7,11H,1-4,8-10,16H2. The molecule has 1 saturated carbocycles. The smallest absolute Gasteiger partial charge is 0.127 e. The molecule has 1 aliphatic carbocycles. The van der Waals surface area contributed by atoms with Gasteiger partial charge in [0, 0.05) is 18.7 Å². The van der Waals surface area contributed by atoms with E-state index in [1.165, 1.54) is 31.7 Å². The van der Waals surface area contributed by atoms with Gasteiger partial charge in [-0.2, -0.15) is 0 Å². The lowest BCUT2D eigenvalue weighted by Crippen LogP contribution is -2.06. The summed E-state index contributed by atoms with van der Waals surface area (Å²) in [4.78, 5) is 0. The summed E-state index contributed by atoms with van der Waals surface area (Å²) in [7, 11) is 0. The third-order valence-electron chi connectivity index (χ3n) is 3.43. The SMILES string of the molecule is NCc1cc(COCC2CCCC2)ccc1F. The van der Waals surface area contributed by atoms with E-state index in [2.05, 4.69) is 0 Å². The van der Waals surface area contributed by atoms with Crippen molar-refractivity contribution in [3.63, 3.8) is 0 Å². The molecule has 0 aliphatic heterocycles. The molecular weight excluding hydrogens is 217 g/mol. The number of hydrogen-bond acceptors (Lipinski definition) is 2. The second-order valence-electron chi connectivity index (χ2n) is 4.80. The van der Waals surface area contributed by atoms with Crippen molar-refractivity contribution in [1.82, 2.24) is 0 Å². The molecule has 0 saturated heterocycles. The topological polar surface area (TPSA) is 35.2 Å². The molecule has 0 radical (unpaired) electrons. The van der Waals surface area contributed by atoms with Crippen molar-refractivity contribution in [2.75, 3.05) is 6.61 Å². The molecule has 0 bridgehead atoms. The molecule has 1 aromatic rings. The van der Waals surface area contributed by atoms with Gasteiger partial charge in [-0.05, 0) is 36.5 Å². The highest BCUT2D eigenvalue weighted by molar-refractivity contribution is 5.24. The molecule has 1 fully saturated rings. The van der Waals surface area contributed by atoms with Gasteiger partial charge in [0.25, 0.3) is 0 Å².